The summed E-state index contributed by atoms with van der Waals surface area (Å²) in [6.07, 6.45) is 7.30. The fraction of sp³-hybridized carbons (Fsp3) is 0.400. The number of likely N-dealkylation sites (tertiary alicyclic amines) is 1. The van der Waals surface area contributed by atoms with Gasteiger partial charge >= 0.3 is 0 Å². The minimum atomic E-state index is 0.0113. The third kappa shape index (κ3) is 4.48. The zero-order chi connectivity index (χ0) is 18.6. The SMILES string of the molecule is Cc1nc(CN2CCC(Cn3cnc(-c4ccncc4)cc3=O)CC2)cs1. The molecule has 3 aromatic heterocycles. The Morgan fingerprint density at radius 1 is 1.22 bits per heavy atom. The number of hydrogen-bond acceptors (Lipinski definition) is 6. The van der Waals surface area contributed by atoms with Gasteiger partial charge in [0.1, 0.15) is 0 Å². The van der Waals surface area contributed by atoms with Crippen molar-refractivity contribution < 1.29 is 0 Å². The minimum absolute atomic E-state index is 0.0113. The van der Waals surface area contributed by atoms with E-state index in [1.54, 1.807) is 40.7 Å². The van der Waals surface area contributed by atoms with E-state index >= 15 is 0 Å². The Balaban J connectivity index is 1.34. The van der Waals surface area contributed by atoms with E-state index in [2.05, 4.69) is 25.2 Å². The zero-order valence-electron chi connectivity index (χ0n) is 15.4. The lowest BCUT2D eigenvalue weighted by Crippen LogP contribution is -2.36. The molecule has 0 N–H and O–H groups in total. The molecule has 4 heterocycles. The van der Waals surface area contributed by atoms with Gasteiger partial charge in [-0.1, -0.05) is 0 Å². The molecule has 0 saturated carbocycles. The molecular formula is C20H23N5OS. The van der Waals surface area contributed by atoms with E-state index < -0.39 is 0 Å². The standard InChI is InChI=1S/C20H23N5OS/c1-15-23-18(13-27-15)12-24-8-4-16(5-9-24)11-25-14-22-19(10-20(25)26)17-2-6-21-7-3-17/h2-3,6-7,10,13-14,16H,4-5,8-9,11-12H2,1H3. The molecular weight excluding hydrogens is 358 g/mol. The Morgan fingerprint density at radius 3 is 2.67 bits per heavy atom. The Hall–Kier alpha value is -2.38. The van der Waals surface area contributed by atoms with Crippen molar-refractivity contribution in [3.8, 4) is 11.3 Å². The molecule has 1 fully saturated rings. The summed E-state index contributed by atoms with van der Waals surface area (Å²) in [5.41, 5.74) is 2.80. The van der Waals surface area contributed by atoms with Crippen LogP contribution >= 0.6 is 11.3 Å². The molecule has 0 atom stereocenters. The van der Waals surface area contributed by atoms with Crippen molar-refractivity contribution in [2.24, 2.45) is 5.92 Å². The summed E-state index contributed by atoms with van der Waals surface area (Å²) in [6, 6.07) is 5.35. The van der Waals surface area contributed by atoms with Crippen LogP contribution in [0.1, 0.15) is 23.5 Å². The van der Waals surface area contributed by atoms with E-state index in [-0.39, 0.29) is 5.56 Å². The van der Waals surface area contributed by atoms with Crippen LogP contribution in [-0.2, 0) is 13.1 Å². The van der Waals surface area contributed by atoms with E-state index in [1.807, 2.05) is 19.1 Å². The van der Waals surface area contributed by atoms with Crippen molar-refractivity contribution in [3.05, 3.63) is 63.4 Å². The third-order valence-electron chi connectivity index (χ3n) is 5.07. The molecule has 0 radical (unpaired) electrons. The molecule has 7 heteroatoms. The van der Waals surface area contributed by atoms with Gasteiger partial charge in [0, 0.05) is 42.5 Å². The molecule has 140 valence electrons. The monoisotopic (exact) mass is 381 g/mol. The van der Waals surface area contributed by atoms with Crippen LogP contribution in [0.25, 0.3) is 11.3 Å². The number of rotatable bonds is 5. The Morgan fingerprint density at radius 2 is 2.00 bits per heavy atom. The van der Waals surface area contributed by atoms with Crippen LogP contribution in [0.2, 0.25) is 0 Å². The second kappa shape index (κ2) is 8.10. The lowest BCUT2D eigenvalue weighted by molar-refractivity contribution is 0.165. The first-order chi connectivity index (χ1) is 13.2. The summed E-state index contributed by atoms with van der Waals surface area (Å²) < 4.78 is 1.74. The molecule has 0 amide bonds. The summed E-state index contributed by atoms with van der Waals surface area (Å²) in [4.78, 5) is 28.0. The normalized spacial score (nSPS) is 15.9. The fourth-order valence-electron chi connectivity index (χ4n) is 3.56. The summed E-state index contributed by atoms with van der Waals surface area (Å²) in [6.45, 7) is 5.83. The number of thiazole rings is 1. The van der Waals surface area contributed by atoms with Crippen molar-refractivity contribution in [1.82, 2.24) is 24.4 Å². The van der Waals surface area contributed by atoms with Crippen molar-refractivity contribution in [1.29, 1.82) is 0 Å². The van der Waals surface area contributed by atoms with Crippen LogP contribution in [0.4, 0.5) is 0 Å². The fourth-order valence-corrected chi connectivity index (χ4v) is 4.16. The molecule has 6 nitrogen and oxygen atoms in total. The molecule has 1 aliphatic rings. The van der Waals surface area contributed by atoms with E-state index in [4.69, 9.17) is 0 Å². The van der Waals surface area contributed by atoms with Crippen molar-refractivity contribution in [2.45, 2.75) is 32.9 Å². The van der Waals surface area contributed by atoms with Gasteiger partial charge < -0.3 is 0 Å². The van der Waals surface area contributed by atoms with Crippen molar-refractivity contribution in [3.63, 3.8) is 0 Å². The molecule has 3 aromatic rings. The lowest BCUT2D eigenvalue weighted by Gasteiger charge is -2.31. The molecule has 0 bridgehead atoms. The maximum absolute atomic E-state index is 12.5. The largest absolute Gasteiger partial charge is 0.299 e. The summed E-state index contributed by atoms with van der Waals surface area (Å²) in [5.74, 6) is 0.518. The van der Waals surface area contributed by atoms with E-state index in [0.717, 1.165) is 49.6 Å². The first-order valence-electron chi connectivity index (χ1n) is 9.27. The third-order valence-corrected chi connectivity index (χ3v) is 5.89. The van der Waals surface area contributed by atoms with Crippen LogP contribution in [0.15, 0.2) is 47.1 Å². The number of nitrogens with zero attached hydrogens (tertiary/aromatic N) is 5. The smallest absolute Gasteiger partial charge is 0.253 e. The van der Waals surface area contributed by atoms with E-state index in [0.29, 0.717) is 11.6 Å². The maximum atomic E-state index is 12.5. The van der Waals surface area contributed by atoms with Gasteiger partial charge in [-0.25, -0.2) is 9.97 Å². The minimum Gasteiger partial charge on any atom is -0.299 e. The van der Waals surface area contributed by atoms with E-state index in [9.17, 15) is 4.79 Å². The number of pyridine rings is 1. The highest BCUT2D eigenvalue weighted by Gasteiger charge is 2.20. The van der Waals surface area contributed by atoms with Gasteiger partial charge in [-0.3, -0.25) is 19.2 Å². The van der Waals surface area contributed by atoms with Gasteiger partial charge in [-0.15, -0.1) is 11.3 Å². The maximum Gasteiger partial charge on any atom is 0.253 e. The predicted molar refractivity (Wildman–Crippen MR) is 107 cm³/mol. The Bertz CT molecular complexity index is 944. The lowest BCUT2D eigenvalue weighted by atomic mass is 9.96. The van der Waals surface area contributed by atoms with Crippen molar-refractivity contribution >= 4 is 11.3 Å². The summed E-state index contributed by atoms with van der Waals surface area (Å²) >= 11 is 1.71. The number of aromatic nitrogens is 4. The molecule has 0 aliphatic carbocycles. The van der Waals surface area contributed by atoms with Gasteiger partial charge in [0.05, 0.1) is 22.7 Å². The highest BCUT2D eigenvalue weighted by Crippen LogP contribution is 2.21. The van der Waals surface area contributed by atoms with Crippen LogP contribution in [0, 0.1) is 12.8 Å². The topological polar surface area (TPSA) is 63.9 Å². The first kappa shape index (κ1) is 18.0. The Labute approximate surface area is 162 Å². The van der Waals surface area contributed by atoms with E-state index in [1.165, 1.54) is 5.69 Å². The average molecular weight is 382 g/mol. The molecule has 27 heavy (non-hydrogen) atoms. The highest BCUT2D eigenvalue weighted by molar-refractivity contribution is 7.09. The summed E-state index contributed by atoms with van der Waals surface area (Å²) in [7, 11) is 0. The molecule has 1 aliphatic heterocycles. The highest BCUT2D eigenvalue weighted by atomic mass is 32.1. The van der Waals surface area contributed by atoms with Gasteiger partial charge in [0.2, 0.25) is 0 Å². The predicted octanol–water partition coefficient (Wildman–Crippen LogP) is 2.98. The number of piperidine rings is 1. The number of hydrogen-bond donors (Lipinski definition) is 0. The quantitative estimate of drug-likeness (QED) is 0.680. The molecule has 1 saturated heterocycles. The Kier molecular flexibility index (Phi) is 5.40. The van der Waals surface area contributed by atoms with Gasteiger partial charge in [-0.2, -0.15) is 0 Å². The second-order valence-electron chi connectivity index (χ2n) is 7.08. The van der Waals surface area contributed by atoms with Crippen LogP contribution < -0.4 is 5.56 Å². The second-order valence-corrected chi connectivity index (χ2v) is 8.14. The number of aryl methyl sites for hydroxylation is 1. The molecule has 4 rings (SSSR count). The molecule has 0 spiro atoms. The van der Waals surface area contributed by atoms with Gasteiger partial charge in [0.25, 0.3) is 5.56 Å². The van der Waals surface area contributed by atoms with Gasteiger partial charge in [0.15, 0.2) is 0 Å². The first-order valence-corrected chi connectivity index (χ1v) is 10.2. The molecule has 0 aromatic carbocycles. The van der Waals surface area contributed by atoms with Gasteiger partial charge in [-0.05, 0) is 50.9 Å². The zero-order valence-corrected chi connectivity index (χ0v) is 16.2. The summed E-state index contributed by atoms with van der Waals surface area (Å²) in [5, 5.41) is 3.28. The van der Waals surface area contributed by atoms with Crippen LogP contribution in [-0.4, -0.2) is 37.5 Å². The van der Waals surface area contributed by atoms with Crippen LogP contribution in [0.3, 0.4) is 0 Å². The van der Waals surface area contributed by atoms with Crippen molar-refractivity contribution in [2.75, 3.05) is 13.1 Å². The molecule has 0 unspecified atom stereocenters. The average Bonchev–Trinajstić information content (AvgIpc) is 3.10. The van der Waals surface area contributed by atoms with Crippen LogP contribution in [0.5, 0.6) is 0 Å².